The highest BCUT2D eigenvalue weighted by Gasteiger charge is 2.20. The van der Waals surface area contributed by atoms with E-state index in [9.17, 15) is 4.79 Å². The summed E-state index contributed by atoms with van der Waals surface area (Å²) in [5.41, 5.74) is 0.971. The van der Waals surface area contributed by atoms with E-state index < -0.39 is 0 Å². The second kappa shape index (κ2) is 5.57. The smallest absolute Gasteiger partial charge is 0.282 e. The molecular formula is C11H18N4OS. The van der Waals surface area contributed by atoms with Crippen molar-refractivity contribution in [2.45, 2.75) is 6.54 Å². The summed E-state index contributed by atoms with van der Waals surface area (Å²) in [5.74, 6) is 0.0708. The molecule has 1 amide bonds. The fraction of sp³-hybridized carbons (Fsp3) is 0.636. The third-order valence-electron chi connectivity index (χ3n) is 2.62. The summed E-state index contributed by atoms with van der Waals surface area (Å²) in [6, 6.07) is 0. The fourth-order valence-electron chi connectivity index (χ4n) is 1.81. The molecule has 0 radical (unpaired) electrons. The molecule has 0 aliphatic carbocycles. The van der Waals surface area contributed by atoms with Crippen molar-refractivity contribution in [2.75, 3.05) is 40.3 Å². The van der Waals surface area contributed by atoms with Crippen LogP contribution in [-0.4, -0.2) is 61.0 Å². The van der Waals surface area contributed by atoms with Gasteiger partial charge in [0.05, 0.1) is 5.69 Å². The monoisotopic (exact) mass is 254 g/mol. The van der Waals surface area contributed by atoms with E-state index in [2.05, 4.69) is 10.3 Å². The number of hydrogen-bond acceptors (Lipinski definition) is 5. The Bertz CT molecular complexity index is 385. The van der Waals surface area contributed by atoms with E-state index in [1.807, 2.05) is 29.3 Å². The molecule has 1 aliphatic heterocycles. The zero-order valence-corrected chi connectivity index (χ0v) is 11.1. The number of hydrogen-bond donors (Lipinski definition) is 1. The highest BCUT2D eigenvalue weighted by atomic mass is 32.1. The van der Waals surface area contributed by atoms with Crippen molar-refractivity contribution in [3.63, 3.8) is 0 Å². The van der Waals surface area contributed by atoms with Crippen molar-refractivity contribution < 1.29 is 4.79 Å². The molecule has 1 aliphatic rings. The molecule has 0 atom stereocenters. The molecule has 1 aromatic rings. The first kappa shape index (κ1) is 12.5. The molecule has 2 rings (SSSR count). The lowest BCUT2D eigenvalue weighted by Gasteiger charge is -2.26. The van der Waals surface area contributed by atoms with Crippen molar-refractivity contribution in [3.05, 3.63) is 16.1 Å². The average Bonchev–Trinajstić information content (AvgIpc) is 2.77. The second-order valence-electron chi connectivity index (χ2n) is 4.42. The Hall–Kier alpha value is -0.980. The summed E-state index contributed by atoms with van der Waals surface area (Å²) < 4.78 is 0. The molecular weight excluding hydrogens is 236 g/mol. The van der Waals surface area contributed by atoms with Crippen molar-refractivity contribution >= 4 is 17.2 Å². The van der Waals surface area contributed by atoms with Crippen LogP contribution in [0.15, 0.2) is 5.38 Å². The Labute approximate surface area is 105 Å². The predicted molar refractivity (Wildman–Crippen MR) is 68.3 cm³/mol. The fourth-order valence-corrected chi connectivity index (χ4v) is 2.58. The maximum absolute atomic E-state index is 12.1. The molecule has 0 saturated carbocycles. The van der Waals surface area contributed by atoms with Crippen LogP contribution < -0.4 is 5.32 Å². The quantitative estimate of drug-likeness (QED) is 0.840. The zero-order chi connectivity index (χ0) is 12.3. The number of carbonyl (C=O) groups excluding carboxylic acids is 1. The first-order valence-corrected chi connectivity index (χ1v) is 6.64. The third-order valence-corrected chi connectivity index (χ3v) is 3.50. The number of aromatic nitrogens is 1. The molecule has 1 N–H and O–H groups in total. The van der Waals surface area contributed by atoms with Crippen LogP contribution in [0.4, 0.5) is 0 Å². The summed E-state index contributed by atoms with van der Waals surface area (Å²) in [6.07, 6.45) is 0. The topological polar surface area (TPSA) is 48.5 Å². The normalized spacial score (nSPS) is 16.5. The van der Waals surface area contributed by atoms with Crippen LogP contribution >= 0.6 is 11.3 Å². The number of thiazole rings is 1. The molecule has 0 bridgehead atoms. The standard InChI is InChI=1S/C11H18N4OS/c1-14(2)7-9-8-17-10(13-9)11(16)15-5-3-12-4-6-15/h8,12H,3-7H2,1-2H3. The zero-order valence-electron chi connectivity index (χ0n) is 10.3. The van der Waals surface area contributed by atoms with Crippen molar-refractivity contribution in [2.24, 2.45) is 0 Å². The van der Waals surface area contributed by atoms with Crippen LogP contribution in [0.5, 0.6) is 0 Å². The Morgan fingerprint density at radius 2 is 2.24 bits per heavy atom. The SMILES string of the molecule is CN(C)Cc1csc(C(=O)N2CCNCC2)n1. The summed E-state index contributed by atoms with van der Waals surface area (Å²) in [7, 11) is 3.99. The van der Waals surface area contributed by atoms with E-state index >= 15 is 0 Å². The summed E-state index contributed by atoms with van der Waals surface area (Å²) in [6.45, 7) is 4.09. The van der Waals surface area contributed by atoms with Gasteiger partial charge < -0.3 is 15.1 Å². The summed E-state index contributed by atoms with van der Waals surface area (Å²) in [5, 5.41) is 5.82. The van der Waals surface area contributed by atoms with Gasteiger partial charge >= 0.3 is 0 Å². The van der Waals surface area contributed by atoms with E-state index in [-0.39, 0.29) is 5.91 Å². The maximum Gasteiger partial charge on any atom is 0.282 e. The number of rotatable bonds is 3. The van der Waals surface area contributed by atoms with Crippen LogP contribution in [0.2, 0.25) is 0 Å². The molecule has 0 aromatic carbocycles. The van der Waals surface area contributed by atoms with Gasteiger partial charge in [0.15, 0.2) is 5.01 Å². The molecule has 17 heavy (non-hydrogen) atoms. The molecule has 2 heterocycles. The van der Waals surface area contributed by atoms with Crippen LogP contribution in [0, 0.1) is 0 Å². The van der Waals surface area contributed by atoms with E-state index in [4.69, 9.17) is 0 Å². The molecule has 0 unspecified atom stereocenters. The van der Waals surface area contributed by atoms with E-state index in [1.165, 1.54) is 11.3 Å². The van der Waals surface area contributed by atoms with Gasteiger partial charge in [-0.3, -0.25) is 4.79 Å². The molecule has 94 valence electrons. The minimum Gasteiger partial charge on any atom is -0.334 e. The highest BCUT2D eigenvalue weighted by molar-refractivity contribution is 7.11. The van der Waals surface area contributed by atoms with Crippen molar-refractivity contribution in [1.82, 2.24) is 20.1 Å². The van der Waals surface area contributed by atoms with Gasteiger partial charge in [0, 0.05) is 38.1 Å². The van der Waals surface area contributed by atoms with Gasteiger partial charge in [-0.2, -0.15) is 0 Å². The van der Waals surface area contributed by atoms with E-state index in [0.717, 1.165) is 38.4 Å². The Balaban J connectivity index is 2.01. The number of amides is 1. The second-order valence-corrected chi connectivity index (χ2v) is 5.28. The first-order chi connectivity index (χ1) is 8.16. The van der Waals surface area contributed by atoms with Gasteiger partial charge in [-0.1, -0.05) is 0 Å². The summed E-state index contributed by atoms with van der Waals surface area (Å²) >= 11 is 1.44. The first-order valence-electron chi connectivity index (χ1n) is 5.76. The molecule has 1 saturated heterocycles. The van der Waals surface area contributed by atoms with Crippen molar-refractivity contribution in [1.29, 1.82) is 0 Å². The minimum atomic E-state index is 0.0708. The molecule has 1 aromatic heterocycles. The molecule has 6 heteroatoms. The van der Waals surface area contributed by atoms with Crippen molar-refractivity contribution in [3.8, 4) is 0 Å². The number of carbonyl (C=O) groups is 1. The minimum absolute atomic E-state index is 0.0708. The van der Waals surface area contributed by atoms with Gasteiger partial charge in [0.25, 0.3) is 5.91 Å². The predicted octanol–water partition coefficient (Wildman–Crippen LogP) is 0.250. The maximum atomic E-state index is 12.1. The number of piperazine rings is 1. The largest absolute Gasteiger partial charge is 0.334 e. The Kier molecular flexibility index (Phi) is 4.09. The van der Waals surface area contributed by atoms with Gasteiger partial charge in [-0.05, 0) is 14.1 Å². The van der Waals surface area contributed by atoms with Crippen LogP contribution in [-0.2, 0) is 6.54 Å². The molecule has 1 fully saturated rings. The lowest BCUT2D eigenvalue weighted by atomic mass is 10.3. The van der Waals surface area contributed by atoms with Crippen LogP contribution in [0.1, 0.15) is 15.5 Å². The van der Waals surface area contributed by atoms with E-state index in [0.29, 0.717) is 5.01 Å². The number of nitrogens with one attached hydrogen (secondary N) is 1. The van der Waals surface area contributed by atoms with E-state index in [1.54, 1.807) is 0 Å². The summed E-state index contributed by atoms with van der Waals surface area (Å²) in [4.78, 5) is 20.4. The lowest BCUT2D eigenvalue weighted by Crippen LogP contribution is -2.46. The van der Waals surface area contributed by atoms with Crippen LogP contribution in [0.3, 0.4) is 0 Å². The Morgan fingerprint density at radius 1 is 1.53 bits per heavy atom. The number of nitrogens with zero attached hydrogens (tertiary/aromatic N) is 3. The van der Waals surface area contributed by atoms with Gasteiger partial charge in [-0.25, -0.2) is 4.98 Å². The third kappa shape index (κ3) is 3.24. The average molecular weight is 254 g/mol. The highest BCUT2D eigenvalue weighted by Crippen LogP contribution is 2.13. The molecule has 0 spiro atoms. The lowest BCUT2D eigenvalue weighted by molar-refractivity contribution is 0.0735. The van der Waals surface area contributed by atoms with Gasteiger partial charge in [-0.15, -0.1) is 11.3 Å². The molecule has 5 nitrogen and oxygen atoms in total. The van der Waals surface area contributed by atoms with Crippen LogP contribution in [0.25, 0.3) is 0 Å². The Morgan fingerprint density at radius 3 is 2.88 bits per heavy atom. The van der Waals surface area contributed by atoms with Gasteiger partial charge in [0.1, 0.15) is 0 Å². The van der Waals surface area contributed by atoms with Gasteiger partial charge in [0.2, 0.25) is 0 Å².